The molecule has 34 heavy (non-hydrogen) atoms. The highest BCUT2D eigenvalue weighted by molar-refractivity contribution is 6.30. The molecule has 1 aliphatic heterocycles. The number of rotatable bonds is 12. The SMILES string of the molecule is O=C(/C=C/c1ccccc1)N[C@@H](CCCN1CCCCC1)C(=O)NCCCc1ccc(Cl)cc1. The predicted molar refractivity (Wildman–Crippen MR) is 140 cm³/mol. The molecule has 0 bridgehead atoms. The van der Waals surface area contributed by atoms with Gasteiger partial charge < -0.3 is 15.5 Å². The molecule has 1 fully saturated rings. The number of nitrogens with zero attached hydrogens (tertiary/aromatic N) is 1. The minimum Gasteiger partial charge on any atom is -0.354 e. The molecule has 5 nitrogen and oxygen atoms in total. The van der Waals surface area contributed by atoms with Gasteiger partial charge in [-0.1, -0.05) is 60.5 Å². The van der Waals surface area contributed by atoms with Crippen LogP contribution in [0, 0.1) is 0 Å². The molecule has 0 spiro atoms. The molecule has 182 valence electrons. The summed E-state index contributed by atoms with van der Waals surface area (Å²) in [7, 11) is 0. The van der Waals surface area contributed by atoms with Gasteiger partial charge in [0.1, 0.15) is 6.04 Å². The molecule has 6 heteroatoms. The third-order valence-electron chi connectivity index (χ3n) is 6.13. The zero-order valence-electron chi connectivity index (χ0n) is 19.8. The monoisotopic (exact) mass is 481 g/mol. The van der Waals surface area contributed by atoms with Gasteiger partial charge in [0.15, 0.2) is 0 Å². The van der Waals surface area contributed by atoms with E-state index in [1.54, 1.807) is 6.08 Å². The van der Waals surface area contributed by atoms with Crippen LogP contribution in [-0.4, -0.2) is 48.9 Å². The van der Waals surface area contributed by atoms with Crippen molar-refractivity contribution in [2.24, 2.45) is 0 Å². The van der Waals surface area contributed by atoms with Gasteiger partial charge in [-0.15, -0.1) is 0 Å². The van der Waals surface area contributed by atoms with Crippen molar-refractivity contribution in [2.75, 3.05) is 26.2 Å². The van der Waals surface area contributed by atoms with Crippen molar-refractivity contribution >= 4 is 29.5 Å². The summed E-state index contributed by atoms with van der Waals surface area (Å²) in [5, 5.41) is 6.66. The van der Waals surface area contributed by atoms with Crippen LogP contribution in [0.5, 0.6) is 0 Å². The van der Waals surface area contributed by atoms with Gasteiger partial charge in [-0.3, -0.25) is 9.59 Å². The quantitative estimate of drug-likeness (QED) is 0.336. The van der Waals surface area contributed by atoms with E-state index in [1.165, 1.54) is 30.9 Å². The third kappa shape index (κ3) is 9.70. The maximum Gasteiger partial charge on any atom is 0.244 e. The minimum absolute atomic E-state index is 0.115. The summed E-state index contributed by atoms with van der Waals surface area (Å²) >= 11 is 5.94. The average Bonchev–Trinajstić information content (AvgIpc) is 2.87. The summed E-state index contributed by atoms with van der Waals surface area (Å²) in [5.74, 6) is -0.362. The molecular formula is C28H36ClN3O2. The maximum absolute atomic E-state index is 12.9. The van der Waals surface area contributed by atoms with Crippen LogP contribution >= 0.6 is 11.6 Å². The molecule has 0 radical (unpaired) electrons. The van der Waals surface area contributed by atoms with E-state index < -0.39 is 6.04 Å². The first-order valence-corrected chi connectivity index (χ1v) is 12.8. The van der Waals surface area contributed by atoms with Crippen molar-refractivity contribution in [3.63, 3.8) is 0 Å². The number of halogens is 1. The molecule has 2 aromatic rings. The number of aryl methyl sites for hydroxylation is 1. The Balaban J connectivity index is 1.48. The van der Waals surface area contributed by atoms with Gasteiger partial charge in [0.25, 0.3) is 0 Å². The number of nitrogens with one attached hydrogen (secondary N) is 2. The van der Waals surface area contributed by atoms with Gasteiger partial charge >= 0.3 is 0 Å². The second kappa shape index (κ2) is 14.6. The lowest BCUT2D eigenvalue weighted by atomic mass is 10.1. The standard InChI is InChI=1S/C28H36ClN3O2/c29-25-16-13-24(14-17-25)11-7-19-30-28(34)26(12-8-22-32-20-5-2-6-21-32)31-27(33)18-15-23-9-3-1-4-10-23/h1,3-4,9-10,13-18,26H,2,5-8,11-12,19-22H2,(H,30,34)(H,31,33)/b18-15+/t26-/m0/s1. The second-order valence-electron chi connectivity index (χ2n) is 8.87. The first-order valence-electron chi connectivity index (χ1n) is 12.4. The van der Waals surface area contributed by atoms with Crippen LogP contribution < -0.4 is 10.6 Å². The number of carbonyl (C=O) groups excluding carboxylic acids is 2. The number of hydrogen-bond acceptors (Lipinski definition) is 3. The average molecular weight is 482 g/mol. The minimum atomic E-state index is -0.534. The van der Waals surface area contributed by atoms with Crippen molar-refractivity contribution in [2.45, 2.75) is 51.0 Å². The van der Waals surface area contributed by atoms with Crippen LogP contribution in [0.15, 0.2) is 60.7 Å². The Labute approximate surface area is 208 Å². The summed E-state index contributed by atoms with van der Waals surface area (Å²) in [4.78, 5) is 27.9. The molecule has 1 saturated heterocycles. The largest absolute Gasteiger partial charge is 0.354 e. The number of amides is 2. The van der Waals surface area contributed by atoms with E-state index >= 15 is 0 Å². The number of likely N-dealkylation sites (tertiary alicyclic amines) is 1. The fourth-order valence-corrected chi connectivity index (χ4v) is 4.33. The Morgan fingerprint density at radius 1 is 0.971 bits per heavy atom. The van der Waals surface area contributed by atoms with Gasteiger partial charge in [0.05, 0.1) is 0 Å². The van der Waals surface area contributed by atoms with Crippen molar-refractivity contribution in [1.29, 1.82) is 0 Å². The third-order valence-corrected chi connectivity index (χ3v) is 6.38. The fraction of sp³-hybridized carbons (Fsp3) is 0.429. The smallest absolute Gasteiger partial charge is 0.244 e. The van der Waals surface area contributed by atoms with Gasteiger partial charge in [0, 0.05) is 17.6 Å². The molecule has 0 aliphatic carbocycles. The van der Waals surface area contributed by atoms with Crippen LogP contribution in [0.3, 0.4) is 0 Å². The first kappa shape index (κ1) is 26.0. The van der Waals surface area contributed by atoms with Gasteiger partial charge in [-0.2, -0.15) is 0 Å². The summed E-state index contributed by atoms with van der Waals surface area (Å²) in [6, 6.07) is 16.9. The van der Waals surface area contributed by atoms with Crippen molar-refractivity contribution in [3.8, 4) is 0 Å². The Bertz CT molecular complexity index is 909. The molecule has 3 rings (SSSR count). The lowest BCUT2D eigenvalue weighted by Crippen LogP contribution is -2.47. The normalized spacial score (nSPS) is 15.2. The van der Waals surface area contributed by atoms with Crippen molar-refractivity contribution < 1.29 is 9.59 Å². The Morgan fingerprint density at radius 3 is 2.44 bits per heavy atom. The van der Waals surface area contributed by atoms with E-state index in [0.717, 1.165) is 49.5 Å². The Hall–Kier alpha value is -2.63. The molecule has 2 aromatic carbocycles. The van der Waals surface area contributed by atoms with Crippen LogP contribution in [-0.2, 0) is 16.0 Å². The summed E-state index contributed by atoms with van der Waals surface area (Å²) in [6.07, 6.45) is 10.3. The highest BCUT2D eigenvalue weighted by atomic mass is 35.5. The number of benzene rings is 2. The molecular weight excluding hydrogens is 446 g/mol. The zero-order valence-corrected chi connectivity index (χ0v) is 20.6. The summed E-state index contributed by atoms with van der Waals surface area (Å²) in [6.45, 7) is 3.80. The van der Waals surface area contributed by atoms with E-state index in [4.69, 9.17) is 11.6 Å². The van der Waals surface area contributed by atoms with Crippen molar-refractivity contribution in [3.05, 3.63) is 76.8 Å². The summed E-state index contributed by atoms with van der Waals surface area (Å²) in [5.41, 5.74) is 2.14. The maximum atomic E-state index is 12.9. The van der Waals surface area contributed by atoms with Crippen LogP contribution in [0.2, 0.25) is 5.02 Å². The van der Waals surface area contributed by atoms with E-state index in [2.05, 4.69) is 15.5 Å². The lowest BCUT2D eigenvalue weighted by molar-refractivity contribution is -0.127. The predicted octanol–water partition coefficient (Wildman–Crippen LogP) is 4.85. The summed E-state index contributed by atoms with van der Waals surface area (Å²) < 4.78 is 0. The molecule has 0 unspecified atom stereocenters. The highest BCUT2D eigenvalue weighted by Crippen LogP contribution is 2.12. The van der Waals surface area contributed by atoms with E-state index in [9.17, 15) is 9.59 Å². The van der Waals surface area contributed by atoms with Gasteiger partial charge in [-0.05, 0) is 87.5 Å². The number of piperidine rings is 1. The second-order valence-corrected chi connectivity index (χ2v) is 9.31. The molecule has 1 atom stereocenters. The number of carbonyl (C=O) groups is 2. The van der Waals surface area contributed by atoms with Gasteiger partial charge in [-0.25, -0.2) is 0 Å². The van der Waals surface area contributed by atoms with Crippen LogP contribution in [0.25, 0.3) is 6.08 Å². The van der Waals surface area contributed by atoms with Gasteiger partial charge in [0.2, 0.25) is 11.8 Å². The molecule has 1 heterocycles. The fourth-order valence-electron chi connectivity index (χ4n) is 4.21. The lowest BCUT2D eigenvalue weighted by Gasteiger charge is -2.27. The molecule has 1 aliphatic rings. The topological polar surface area (TPSA) is 61.4 Å². The first-order chi connectivity index (χ1) is 16.6. The van der Waals surface area contributed by atoms with Crippen molar-refractivity contribution in [1.82, 2.24) is 15.5 Å². The molecule has 0 aromatic heterocycles. The Morgan fingerprint density at radius 2 is 1.71 bits per heavy atom. The molecule has 0 saturated carbocycles. The molecule has 2 N–H and O–H groups in total. The van der Waals surface area contributed by atoms with Crippen LogP contribution in [0.4, 0.5) is 0 Å². The zero-order chi connectivity index (χ0) is 24.0. The van der Waals surface area contributed by atoms with E-state index in [1.807, 2.05) is 54.6 Å². The van der Waals surface area contributed by atoms with E-state index in [0.29, 0.717) is 13.0 Å². The van der Waals surface area contributed by atoms with E-state index in [-0.39, 0.29) is 11.8 Å². The van der Waals surface area contributed by atoms with Crippen LogP contribution in [0.1, 0.15) is 49.7 Å². The Kier molecular flexibility index (Phi) is 11.2. The highest BCUT2D eigenvalue weighted by Gasteiger charge is 2.20. The molecule has 2 amide bonds. The number of hydrogen-bond donors (Lipinski definition) is 2.